The fraction of sp³-hybridized carbons (Fsp3) is 0.900. The van der Waals surface area contributed by atoms with E-state index in [1.165, 1.54) is 0 Å². The topological polar surface area (TPSA) is 49.8 Å². The highest BCUT2D eigenvalue weighted by Gasteiger charge is 2.32. The number of carbonyl (C=O) groups is 1. The summed E-state index contributed by atoms with van der Waals surface area (Å²) in [6.07, 6.45) is 1.07. The van der Waals surface area contributed by atoms with Gasteiger partial charge in [0.05, 0.1) is 12.7 Å². The minimum absolute atomic E-state index is 0.139. The van der Waals surface area contributed by atoms with Crippen LogP contribution in [0.1, 0.15) is 27.2 Å². The van der Waals surface area contributed by atoms with Crippen LogP contribution in [0.5, 0.6) is 0 Å². The second-order valence-corrected chi connectivity index (χ2v) is 3.92. The highest BCUT2D eigenvalue weighted by molar-refractivity contribution is 5.72. The van der Waals surface area contributed by atoms with Crippen molar-refractivity contribution >= 4 is 5.97 Å². The van der Waals surface area contributed by atoms with Crippen molar-refractivity contribution in [2.45, 2.75) is 45.4 Å². The van der Waals surface area contributed by atoms with E-state index in [9.17, 15) is 4.79 Å². The Kier molecular flexibility index (Phi) is 3.89. The van der Waals surface area contributed by atoms with E-state index in [2.05, 4.69) is 6.92 Å². The summed E-state index contributed by atoms with van der Waals surface area (Å²) < 4.78 is 5.51. The zero-order valence-corrected chi connectivity index (χ0v) is 9.06. The fourth-order valence-corrected chi connectivity index (χ4v) is 1.84. The zero-order valence-electron chi connectivity index (χ0n) is 9.06. The Balaban J connectivity index is 2.65. The van der Waals surface area contributed by atoms with Crippen molar-refractivity contribution in [2.24, 2.45) is 0 Å². The minimum Gasteiger partial charge on any atom is -0.480 e. The smallest absolute Gasteiger partial charge is 0.320 e. The molecule has 0 aliphatic carbocycles. The van der Waals surface area contributed by atoms with Crippen LogP contribution in [0.2, 0.25) is 0 Å². The molecule has 1 heterocycles. The summed E-state index contributed by atoms with van der Waals surface area (Å²) in [5.74, 6) is -0.752. The van der Waals surface area contributed by atoms with Crippen LogP contribution in [0.15, 0.2) is 0 Å². The van der Waals surface area contributed by atoms with Gasteiger partial charge in [0.25, 0.3) is 0 Å². The Morgan fingerprint density at radius 3 is 2.86 bits per heavy atom. The molecular formula is C10H19NO3. The van der Waals surface area contributed by atoms with Gasteiger partial charge in [-0.2, -0.15) is 0 Å². The number of nitrogens with zero attached hydrogens (tertiary/aromatic N) is 1. The molecule has 0 saturated carbocycles. The van der Waals surface area contributed by atoms with Gasteiger partial charge >= 0.3 is 5.97 Å². The first-order valence-electron chi connectivity index (χ1n) is 5.16. The van der Waals surface area contributed by atoms with Crippen LogP contribution in [0, 0.1) is 0 Å². The van der Waals surface area contributed by atoms with E-state index in [4.69, 9.17) is 9.84 Å². The second kappa shape index (κ2) is 4.75. The van der Waals surface area contributed by atoms with Gasteiger partial charge in [-0.05, 0) is 20.3 Å². The standard InChI is InChI=1S/C10H19NO3/c1-4-9-6-14-7(2)5-11(9)8(3)10(12)13/h7-9H,4-6H2,1-3H3,(H,12,13). The number of aliphatic carboxylic acids is 1. The van der Waals surface area contributed by atoms with Crippen LogP contribution in [-0.4, -0.2) is 47.3 Å². The van der Waals surface area contributed by atoms with Crippen LogP contribution < -0.4 is 0 Å². The van der Waals surface area contributed by atoms with Crippen molar-refractivity contribution < 1.29 is 14.6 Å². The maximum atomic E-state index is 10.9. The summed E-state index contributed by atoms with van der Waals surface area (Å²) in [5.41, 5.74) is 0. The summed E-state index contributed by atoms with van der Waals surface area (Å²) in [4.78, 5) is 12.9. The van der Waals surface area contributed by atoms with E-state index < -0.39 is 12.0 Å². The Morgan fingerprint density at radius 1 is 1.71 bits per heavy atom. The third-order valence-corrected chi connectivity index (χ3v) is 2.84. The molecule has 1 rings (SSSR count). The quantitative estimate of drug-likeness (QED) is 0.739. The van der Waals surface area contributed by atoms with E-state index in [-0.39, 0.29) is 12.1 Å². The van der Waals surface area contributed by atoms with Crippen molar-refractivity contribution in [3.63, 3.8) is 0 Å². The maximum Gasteiger partial charge on any atom is 0.320 e. The third-order valence-electron chi connectivity index (χ3n) is 2.84. The number of morpholine rings is 1. The van der Waals surface area contributed by atoms with Gasteiger partial charge in [0, 0.05) is 12.6 Å². The average Bonchev–Trinajstić information content (AvgIpc) is 2.16. The van der Waals surface area contributed by atoms with Crippen LogP contribution in [0.4, 0.5) is 0 Å². The van der Waals surface area contributed by atoms with Gasteiger partial charge in [-0.1, -0.05) is 6.92 Å². The summed E-state index contributed by atoms with van der Waals surface area (Å²) in [6.45, 7) is 7.14. The minimum atomic E-state index is -0.752. The van der Waals surface area contributed by atoms with Crippen molar-refractivity contribution in [2.75, 3.05) is 13.2 Å². The van der Waals surface area contributed by atoms with Crippen LogP contribution in [-0.2, 0) is 9.53 Å². The van der Waals surface area contributed by atoms with Gasteiger partial charge < -0.3 is 9.84 Å². The molecule has 1 saturated heterocycles. The molecule has 0 amide bonds. The van der Waals surface area contributed by atoms with Crippen LogP contribution in [0.3, 0.4) is 0 Å². The molecule has 1 fully saturated rings. The number of carboxylic acids is 1. The van der Waals surface area contributed by atoms with Gasteiger partial charge in [-0.25, -0.2) is 0 Å². The van der Waals surface area contributed by atoms with Crippen LogP contribution in [0.25, 0.3) is 0 Å². The van der Waals surface area contributed by atoms with Crippen molar-refractivity contribution in [3.05, 3.63) is 0 Å². The second-order valence-electron chi connectivity index (χ2n) is 3.92. The molecule has 1 aliphatic rings. The lowest BCUT2D eigenvalue weighted by atomic mass is 10.1. The van der Waals surface area contributed by atoms with Gasteiger partial charge in [0.2, 0.25) is 0 Å². The molecule has 1 aliphatic heterocycles. The number of hydrogen-bond donors (Lipinski definition) is 1. The first kappa shape index (κ1) is 11.5. The first-order valence-corrected chi connectivity index (χ1v) is 5.16. The Labute approximate surface area is 84.8 Å². The van der Waals surface area contributed by atoms with E-state index in [1.807, 2.05) is 11.8 Å². The Hall–Kier alpha value is -0.610. The molecule has 0 aromatic carbocycles. The number of hydrogen-bond acceptors (Lipinski definition) is 3. The van der Waals surface area contributed by atoms with E-state index in [0.717, 1.165) is 6.42 Å². The molecule has 0 radical (unpaired) electrons. The largest absolute Gasteiger partial charge is 0.480 e. The first-order chi connectivity index (χ1) is 6.56. The van der Waals surface area contributed by atoms with Crippen molar-refractivity contribution in [3.8, 4) is 0 Å². The molecule has 0 bridgehead atoms. The highest BCUT2D eigenvalue weighted by atomic mass is 16.5. The molecule has 3 atom stereocenters. The molecule has 14 heavy (non-hydrogen) atoms. The normalized spacial score (nSPS) is 31.4. The average molecular weight is 201 g/mol. The molecule has 82 valence electrons. The van der Waals surface area contributed by atoms with E-state index in [1.54, 1.807) is 6.92 Å². The van der Waals surface area contributed by atoms with Crippen molar-refractivity contribution in [1.82, 2.24) is 4.90 Å². The number of rotatable bonds is 3. The summed E-state index contributed by atoms with van der Waals surface area (Å²) in [6, 6.07) is -0.163. The Morgan fingerprint density at radius 2 is 2.36 bits per heavy atom. The number of ether oxygens (including phenoxy) is 1. The maximum absolute atomic E-state index is 10.9. The summed E-state index contributed by atoms with van der Waals surface area (Å²) >= 11 is 0. The molecule has 0 aromatic rings. The number of carboxylic acid groups (broad SMARTS) is 1. The van der Waals surface area contributed by atoms with Crippen molar-refractivity contribution in [1.29, 1.82) is 0 Å². The zero-order chi connectivity index (χ0) is 10.7. The predicted octanol–water partition coefficient (Wildman–Crippen LogP) is 0.959. The van der Waals surface area contributed by atoms with Crippen LogP contribution >= 0.6 is 0 Å². The fourth-order valence-electron chi connectivity index (χ4n) is 1.84. The SMILES string of the molecule is CCC1COC(C)CN1C(C)C(=O)O. The van der Waals surface area contributed by atoms with E-state index >= 15 is 0 Å². The van der Waals surface area contributed by atoms with Gasteiger partial charge in [-0.3, -0.25) is 9.69 Å². The molecule has 4 nitrogen and oxygen atoms in total. The van der Waals surface area contributed by atoms with Gasteiger partial charge in [0.15, 0.2) is 0 Å². The van der Waals surface area contributed by atoms with Gasteiger partial charge in [-0.15, -0.1) is 0 Å². The molecule has 1 N–H and O–H groups in total. The molecular weight excluding hydrogens is 182 g/mol. The molecule has 0 spiro atoms. The monoisotopic (exact) mass is 201 g/mol. The molecule has 0 aromatic heterocycles. The Bertz CT molecular complexity index is 208. The van der Waals surface area contributed by atoms with Gasteiger partial charge in [0.1, 0.15) is 6.04 Å². The van der Waals surface area contributed by atoms with E-state index in [0.29, 0.717) is 13.2 Å². The predicted molar refractivity (Wildman–Crippen MR) is 53.3 cm³/mol. The highest BCUT2D eigenvalue weighted by Crippen LogP contribution is 2.17. The molecule has 3 unspecified atom stereocenters. The lowest BCUT2D eigenvalue weighted by Crippen LogP contribution is -2.54. The molecule has 4 heteroatoms. The lowest BCUT2D eigenvalue weighted by Gasteiger charge is -2.40. The summed E-state index contributed by atoms with van der Waals surface area (Å²) in [7, 11) is 0. The summed E-state index contributed by atoms with van der Waals surface area (Å²) in [5, 5.41) is 8.95. The third kappa shape index (κ3) is 2.45. The lowest BCUT2D eigenvalue weighted by molar-refractivity contribution is -0.148.